The largest absolute Gasteiger partial charge is 0.374 e. The number of hydrogen-bond acceptors (Lipinski definition) is 6. The lowest BCUT2D eigenvalue weighted by atomic mass is 10.2. The van der Waals surface area contributed by atoms with Crippen molar-refractivity contribution >= 4 is 11.5 Å². The Morgan fingerprint density at radius 1 is 1.15 bits per heavy atom. The number of anilines is 1. The molecule has 1 aliphatic carbocycles. The first kappa shape index (κ1) is 16.6. The maximum absolute atomic E-state index is 14.1. The van der Waals surface area contributed by atoms with Crippen LogP contribution in [0.3, 0.4) is 0 Å². The van der Waals surface area contributed by atoms with Gasteiger partial charge in [-0.2, -0.15) is 4.52 Å². The molecule has 140 valence electrons. The zero-order valence-corrected chi connectivity index (χ0v) is 14.9. The lowest BCUT2D eigenvalue weighted by Crippen LogP contribution is -2.46. The fraction of sp³-hybridized carbons (Fsp3) is 0.421. The van der Waals surface area contributed by atoms with E-state index in [2.05, 4.69) is 25.5 Å². The molecule has 7 nitrogen and oxygen atoms in total. The molecule has 1 aromatic carbocycles. The molecule has 3 heterocycles. The molecule has 1 aliphatic heterocycles. The average Bonchev–Trinajstić information content (AvgIpc) is 3.47. The minimum atomic E-state index is -0.345. The number of fused-ring (bicyclic) bond motifs is 1. The molecule has 2 aliphatic rings. The summed E-state index contributed by atoms with van der Waals surface area (Å²) < 4.78 is 21.6. The van der Waals surface area contributed by atoms with Gasteiger partial charge in [0.25, 0.3) is 0 Å². The van der Waals surface area contributed by atoms with Crippen LogP contribution in [0, 0.1) is 5.82 Å². The van der Waals surface area contributed by atoms with Gasteiger partial charge in [0.15, 0.2) is 11.5 Å². The fourth-order valence-corrected chi connectivity index (χ4v) is 3.55. The van der Waals surface area contributed by atoms with Crippen molar-refractivity contribution in [2.75, 3.05) is 31.6 Å². The zero-order chi connectivity index (χ0) is 18.2. The van der Waals surface area contributed by atoms with E-state index in [1.54, 1.807) is 22.7 Å². The summed E-state index contributed by atoms with van der Waals surface area (Å²) >= 11 is 0. The van der Waals surface area contributed by atoms with Crippen molar-refractivity contribution < 1.29 is 9.13 Å². The zero-order valence-electron chi connectivity index (χ0n) is 14.9. The van der Waals surface area contributed by atoms with Crippen LogP contribution in [0.15, 0.2) is 36.4 Å². The molecule has 2 fully saturated rings. The van der Waals surface area contributed by atoms with E-state index < -0.39 is 0 Å². The maximum atomic E-state index is 14.1. The van der Waals surface area contributed by atoms with Crippen LogP contribution in [-0.4, -0.2) is 63.1 Å². The van der Waals surface area contributed by atoms with Crippen LogP contribution < -0.4 is 5.32 Å². The summed E-state index contributed by atoms with van der Waals surface area (Å²) in [5, 5.41) is 16.1. The van der Waals surface area contributed by atoms with E-state index >= 15 is 0 Å². The Bertz CT molecular complexity index is 956. The van der Waals surface area contributed by atoms with E-state index in [9.17, 15) is 4.39 Å². The molecule has 2 aromatic heterocycles. The van der Waals surface area contributed by atoms with Crippen molar-refractivity contribution in [1.29, 1.82) is 0 Å². The monoisotopic (exact) mass is 368 g/mol. The first-order chi connectivity index (χ1) is 13.3. The van der Waals surface area contributed by atoms with Gasteiger partial charge in [0.2, 0.25) is 0 Å². The summed E-state index contributed by atoms with van der Waals surface area (Å²) in [6.07, 6.45) is 2.76. The van der Waals surface area contributed by atoms with Crippen LogP contribution in [0.2, 0.25) is 0 Å². The van der Waals surface area contributed by atoms with Gasteiger partial charge in [-0.15, -0.1) is 15.3 Å². The number of nitrogens with one attached hydrogen (secondary N) is 1. The van der Waals surface area contributed by atoms with Gasteiger partial charge in [0.05, 0.1) is 18.3 Å². The first-order valence-electron chi connectivity index (χ1n) is 9.35. The van der Waals surface area contributed by atoms with Crippen LogP contribution in [0.1, 0.15) is 12.8 Å². The number of aromatic nitrogens is 4. The Hall–Kier alpha value is -2.58. The van der Waals surface area contributed by atoms with Crippen molar-refractivity contribution in [3.63, 3.8) is 0 Å². The van der Waals surface area contributed by atoms with Crippen molar-refractivity contribution in [1.82, 2.24) is 24.7 Å². The minimum absolute atomic E-state index is 0.142. The van der Waals surface area contributed by atoms with Gasteiger partial charge in [-0.3, -0.25) is 4.90 Å². The number of benzene rings is 1. The number of nitrogens with zero attached hydrogens (tertiary/aromatic N) is 5. The quantitative estimate of drug-likeness (QED) is 0.745. The van der Waals surface area contributed by atoms with Crippen molar-refractivity contribution in [3.05, 3.63) is 42.2 Å². The van der Waals surface area contributed by atoms with Gasteiger partial charge in [0, 0.05) is 25.7 Å². The van der Waals surface area contributed by atoms with Crippen LogP contribution in [-0.2, 0) is 4.74 Å². The lowest BCUT2D eigenvalue weighted by Gasteiger charge is -2.33. The van der Waals surface area contributed by atoms with Gasteiger partial charge in [-0.25, -0.2) is 4.39 Å². The number of morpholine rings is 1. The van der Waals surface area contributed by atoms with E-state index in [1.807, 2.05) is 12.1 Å². The minimum Gasteiger partial charge on any atom is -0.374 e. The van der Waals surface area contributed by atoms with Crippen LogP contribution in [0.25, 0.3) is 17.0 Å². The second-order valence-electron chi connectivity index (χ2n) is 7.09. The van der Waals surface area contributed by atoms with E-state index in [-0.39, 0.29) is 11.9 Å². The van der Waals surface area contributed by atoms with Gasteiger partial charge in [-0.1, -0.05) is 12.1 Å². The summed E-state index contributed by atoms with van der Waals surface area (Å²) in [5.74, 6) is 0.732. The van der Waals surface area contributed by atoms with Crippen molar-refractivity contribution in [2.45, 2.75) is 25.0 Å². The van der Waals surface area contributed by atoms with Gasteiger partial charge in [0.1, 0.15) is 11.6 Å². The standard InChI is InChI=1S/C19H21FN6O/c20-16-4-2-1-3-15(16)19-23-22-18-8-7-17(24-26(18)19)21-11-14-12-25(9-10-27-14)13-5-6-13/h1-4,7-8,13-14H,5-6,9-12H2,(H,21,24). The molecule has 1 atom stereocenters. The fourth-order valence-electron chi connectivity index (χ4n) is 3.55. The smallest absolute Gasteiger partial charge is 0.188 e. The van der Waals surface area contributed by atoms with E-state index in [1.165, 1.54) is 18.9 Å². The molecule has 1 N–H and O–H groups in total. The van der Waals surface area contributed by atoms with Gasteiger partial charge < -0.3 is 10.1 Å². The Balaban J connectivity index is 1.33. The number of hydrogen-bond donors (Lipinski definition) is 1. The Labute approximate surface area is 156 Å². The van der Waals surface area contributed by atoms with Crippen molar-refractivity contribution in [2.24, 2.45) is 0 Å². The highest BCUT2D eigenvalue weighted by Crippen LogP contribution is 2.28. The molecular weight excluding hydrogens is 347 g/mol. The van der Waals surface area contributed by atoms with Crippen LogP contribution in [0.5, 0.6) is 0 Å². The van der Waals surface area contributed by atoms with Gasteiger partial charge in [-0.05, 0) is 37.1 Å². The first-order valence-corrected chi connectivity index (χ1v) is 9.35. The topological polar surface area (TPSA) is 67.6 Å². The molecule has 0 spiro atoms. The second kappa shape index (κ2) is 6.86. The highest BCUT2D eigenvalue weighted by atomic mass is 19.1. The predicted molar refractivity (Wildman–Crippen MR) is 99.0 cm³/mol. The highest BCUT2D eigenvalue weighted by molar-refractivity contribution is 5.60. The summed E-state index contributed by atoms with van der Waals surface area (Å²) in [5.41, 5.74) is 0.956. The third kappa shape index (κ3) is 3.38. The summed E-state index contributed by atoms with van der Waals surface area (Å²) in [4.78, 5) is 2.52. The summed E-state index contributed by atoms with van der Waals surface area (Å²) in [6, 6.07) is 10.9. The normalized spacial score (nSPS) is 20.9. The van der Waals surface area contributed by atoms with E-state index in [0.29, 0.717) is 29.4 Å². The molecule has 1 saturated carbocycles. The third-order valence-corrected chi connectivity index (χ3v) is 5.12. The van der Waals surface area contributed by atoms with Crippen LogP contribution >= 0.6 is 0 Å². The molecule has 5 rings (SSSR count). The molecule has 0 amide bonds. The number of ether oxygens (including phenoxy) is 1. The predicted octanol–water partition coefficient (Wildman–Crippen LogP) is 2.21. The highest BCUT2D eigenvalue weighted by Gasteiger charge is 2.32. The molecule has 1 unspecified atom stereocenters. The third-order valence-electron chi connectivity index (χ3n) is 5.12. The average molecular weight is 368 g/mol. The van der Waals surface area contributed by atoms with Crippen molar-refractivity contribution in [3.8, 4) is 11.4 Å². The SMILES string of the molecule is Fc1ccccc1-c1nnc2ccc(NCC3CN(C4CC4)CCO3)nn12. The molecule has 27 heavy (non-hydrogen) atoms. The lowest BCUT2D eigenvalue weighted by molar-refractivity contribution is -0.0241. The van der Waals surface area contributed by atoms with Gasteiger partial charge >= 0.3 is 0 Å². The Kier molecular flexibility index (Phi) is 4.21. The van der Waals surface area contributed by atoms with E-state index in [4.69, 9.17) is 4.74 Å². The summed E-state index contributed by atoms with van der Waals surface area (Å²) in [7, 11) is 0. The van der Waals surface area contributed by atoms with E-state index in [0.717, 1.165) is 25.7 Å². The Morgan fingerprint density at radius 2 is 2.04 bits per heavy atom. The Morgan fingerprint density at radius 3 is 2.89 bits per heavy atom. The van der Waals surface area contributed by atoms with Crippen LogP contribution in [0.4, 0.5) is 10.2 Å². The molecule has 8 heteroatoms. The molecule has 1 saturated heterocycles. The number of halogens is 1. The summed E-state index contributed by atoms with van der Waals surface area (Å²) in [6.45, 7) is 3.43. The molecule has 3 aromatic rings. The maximum Gasteiger partial charge on any atom is 0.188 e. The molecular formula is C19H21FN6O. The number of rotatable bonds is 5. The molecule has 0 radical (unpaired) electrons. The second-order valence-corrected chi connectivity index (χ2v) is 7.09. The molecule has 0 bridgehead atoms.